The fourth-order valence-electron chi connectivity index (χ4n) is 6.70. The standard InChI is InChI=1S/C25H14N2O2S/c28-10-4-8-6-13-17-19-15(8)9(5-10)7-14-18(19)22-20-16-11(24(29)23(26-13)21(17)20)2-1-3-12(16)27-25(22)30-14/h6-7,27,29H,1-5H2. The van der Waals surface area contributed by atoms with Crippen molar-refractivity contribution in [2.24, 2.45) is 0 Å². The molecule has 9 rings (SSSR count). The molecule has 0 bridgehead atoms. The van der Waals surface area contributed by atoms with E-state index < -0.39 is 0 Å². The van der Waals surface area contributed by atoms with E-state index in [1.807, 2.05) is 11.3 Å². The Labute approximate surface area is 173 Å². The number of H-pyrrole nitrogens is 1. The van der Waals surface area contributed by atoms with E-state index in [2.05, 4.69) is 17.1 Å². The van der Waals surface area contributed by atoms with Crippen LogP contribution >= 0.6 is 11.3 Å². The number of aromatic nitrogens is 2. The lowest BCUT2D eigenvalue weighted by Crippen LogP contribution is -2.13. The summed E-state index contributed by atoms with van der Waals surface area (Å²) < 4.78 is 1.25. The summed E-state index contributed by atoms with van der Waals surface area (Å²) in [6, 6.07) is 4.37. The van der Waals surface area contributed by atoms with Crippen molar-refractivity contribution in [3.63, 3.8) is 0 Å². The molecule has 5 heteroatoms. The highest BCUT2D eigenvalue weighted by Gasteiger charge is 2.32. The molecule has 0 aliphatic heterocycles. The first-order valence-corrected chi connectivity index (χ1v) is 11.4. The maximum Gasteiger partial charge on any atom is 0.145 e. The van der Waals surface area contributed by atoms with E-state index in [9.17, 15) is 9.90 Å². The lowest BCUT2D eigenvalue weighted by atomic mass is 9.80. The number of aryl methyl sites for hydroxylation is 2. The lowest BCUT2D eigenvalue weighted by molar-refractivity contribution is -0.117. The molecular formula is C25H14N2O2S. The molecule has 0 fully saturated rings. The molecule has 0 saturated heterocycles. The number of pyridine rings is 1. The zero-order chi connectivity index (χ0) is 19.5. The van der Waals surface area contributed by atoms with E-state index in [1.54, 1.807) is 0 Å². The van der Waals surface area contributed by atoms with Gasteiger partial charge < -0.3 is 10.1 Å². The number of nitrogens with zero attached hydrogens (tertiary/aromatic N) is 1. The molecule has 30 heavy (non-hydrogen) atoms. The molecule has 0 atom stereocenters. The van der Waals surface area contributed by atoms with Gasteiger partial charge in [-0.15, -0.1) is 11.3 Å². The zero-order valence-corrected chi connectivity index (χ0v) is 16.7. The summed E-state index contributed by atoms with van der Waals surface area (Å²) in [6.07, 6.45) is 3.93. The summed E-state index contributed by atoms with van der Waals surface area (Å²) >= 11 is 1.81. The van der Waals surface area contributed by atoms with Crippen molar-refractivity contribution in [1.29, 1.82) is 0 Å². The van der Waals surface area contributed by atoms with Gasteiger partial charge in [-0.1, -0.05) is 0 Å². The molecule has 2 aliphatic carbocycles. The number of rotatable bonds is 0. The van der Waals surface area contributed by atoms with Crippen molar-refractivity contribution in [3.8, 4) is 5.75 Å². The number of phenols is 1. The number of carbonyl (C=O) groups excluding carboxylic acids is 1. The van der Waals surface area contributed by atoms with Gasteiger partial charge in [-0.3, -0.25) is 4.79 Å². The molecule has 0 amide bonds. The van der Waals surface area contributed by atoms with Gasteiger partial charge in [0, 0.05) is 66.5 Å². The molecule has 0 unspecified atom stereocenters. The largest absolute Gasteiger partial charge is 0.505 e. The number of phenolic OH excluding ortho intramolecular Hbond substituents is 1. The molecule has 0 spiro atoms. The fraction of sp³-hybridized carbons (Fsp3) is 0.200. The Kier molecular flexibility index (Phi) is 2.11. The minimum absolute atomic E-state index is 0.272. The van der Waals surface area contributed by atoms with Crippen LogP contribution in [-0.2, 0) is 30.5 Å². The Morgan fingerprint density at radius 2 is 1.73 bits per heavy atom. The number of thiophene rings is 1. The second-order valence-corrected chi connectivity index (χ2v) is 10.2. The van der Waals surface area contributed by atoms with Crippen molar-refractivity contribution in [1.82, 2.24) is 9.97 Å². The molecule has 2 N–H and O–H groups in total. The third kappa shape index (κ3) is 1.33. The minimum Gasteiger partial charge on any atom is -0.505 e. The van der Waals surface area contributed by atoms with Gasteiger partial charge in [0.05, 0.1) is 5.52 Å². The van der Waals surface area contributed by atoms with Gasteiger partial charge in [0.1, 0.15) is 21.9 Å². The number of aromatic hydroxyl groups is 1. The number of hydrogen-bond donors (Lipinski definition) is 2. The first-order chi connectivity index (χ1) is 14.7. The SMILES string of the molecule is O=C1Cc2cc3nc4c(O)c5c6c([nH]c7sc8cc(c2c2c3c4c6c7c82)C1)CCC5. The van der Waals surface area contributed by atoms with Crippen molar-refractivity contribution >= 4 is 80.8 Å². The maximum absolute atomic E-state index is 12.5. The highest BCUT2D eigenvalue weighted by atomic mass is 32.1. The van der Waals surface area contributed by atoms with Gasteiger partial charge in [-0.05, 0) is 47.9 Å². The van der Waals surface area contributed by atoms with E-state index in [1.165, 1.54) is 52.9 Å². The van der Waals surface area contributed by atoms with Crippen LogP contribution in [0.4, 0.5) is 0 Å². The number of carbonyl (C=O) groups is 1. The molecule has 3 heterocycles. The van der Waals surface area contributed by atoms with Crippen molar-refractivity contribution in [3.05, 3.63) is 34.5 Å². The van der Waals surface area contributed by atoms with Crippen LogP contribution < -0.4 is 0 Å². The Balaban J connectivity index is 1.76. The maximum atomic E-state index is 12.5. The number of hydrogen-bond acceptors (Lipinski definition) is 4. The lowest BCUT2D eigenvalue weighted by Gasteiger charge is -2.23. The van der Waals surface area contributed by atoms with Crippen LogP contribution in [0.2, 0.25) is 0 Å². The Morgan fingerprint density at radius 3 is 2.63 bits per heavy atom. The topological polar surface area (TPSA) is 66.0 Å². The number of benzene rings is 4. The fourth-order valence-corrected chi connectivity index (χ4v) is 7.91. The molecule has 0 saturated carbocycles. The van der Waals surface area contributed by atoms with Gasteiger partial charge in [-0.2, -0.15) is 0 Å². The van der Waals surface area contributed by atoms with E-state index in [4.69, 9.17) is 4.98 Å². The molecule has 3 aromatic heterocycles. The molecule has 0 radical (unpaired) electrons. The van der Waals surface area contributed by atoms with Crippen LogP contribution in [0.1, 0.15) is 28.8 Å². The monoisotopic (exact) mass is 406 g/mol. The minimum atomic E-state index is 0.272. The van der Waals surface area contributed by atoms with Crippen LogP contribution in [0.3, 0.4) is 0 Å². The van der Waals surface area contributed by atoms with Crippen LogP contribution in [0.5, 0.6) is 5.75 Å². The summed E-state index contributed by atoms with van der Waals surface area (Å²) in [5, 5.41) is 21.2. The smallest absolute Gasteiger partial charge is 0.145 e. The first kappa shape index (κ1) is 14.7. The van der Waals surface area contributed by atoms with Crippen molar-refractivity contribution < 1.29 is 9.90 Å². The normalized spacial score (nSPS) is 16.9. The van der Waals surface area contributed by atoms with Gasteiger partial charge in [0.25, 0.3) is 0 Å². The van der Waals surface area contributed by atoms with Crippen LogP contribution in [-0.4, -0.2) is 20.9 Å². The van der Waals surface area contributed by atoms with E-state index >= 15 is 0 Å². The number of ketones is 1. The van der Waals surface area contributed by atoms with Crippen LogP contribution in [0.15, 0.2) is 12.1 Å². The summed E-state index contributed by atoms with van der Waals surface area (Å²) in [5.74, 6) is 0.627. The van der Waals surface area contributed by atoms with Gasteiger partial charge >= 0.3 is 0 Å². The second-order valence-electron chi connectivity index (χ2n) is 9.16. The Morgan fingerprint density at radius 1 is 0.900 bits per heavy atom. The third-order valence-corrected chi connectivity index (χ3v) is 8.73. The first-order valence-electron chi connectivity index (χ1n) is 10.6. The van der Waals surface area contributed by atoms with E-state index in [0.717, 1.165) is 52.4 Å². The van der Waals surface area contributed by atoms with Crippen LogP contribution in [0.25, 0.3) is 63.7 Å². The van der Waals surface area contributed by atoms with E-state index in [-0.39, 0.29) is 5.78 Å². The van der Waals surface area contributed by atoms with Gasteiger partial charge in [0.2, 0.25) is 0 Å². The Hall–Kier alpha value is -3.18. The molecule has 2 aliphatic rings. The highest BCUT2D eigenvalue weighted by Crippen LogP contribution is 2.56. The van der Waals surface area contributed by atoms with E-state index in [0.29, 0.717) is 18.6 Å². The van der Waals surface area contributed by atoms with Gasteiger partial charge in [-0.25, -0.2) is 4.98 Å². The Bertz CT molecular complexity index is 1900. The summed E-state index contributed by atoms with van der Waals surface area (Å²) in [7, 11) is 0. The zero-order valence-electron chi connectivity index (χ0n) is 15.9. The summed E-state index contributed by atoms with van der Waals surface area (Å²) in [5.41, 5.74) is 6.21. The quantitative estimate of drug-likeness (QED) is 0.256. The van der Waals surface area contributed by atoms with Crippen molar-refractivity contribution in [2.75, 3.05) is 0 Å². The number of nitrogens with one attached hydrogen (secondary N) is 1. The summed E-state index contributed by atoms with van der Waals surface area (Å²) in [6.45, 7) is 0. The predicted octanol–water partition coefficient (Wildman–Crippen LogP) is 5.57. The van der Waals surface area contributed by atoms with Crippen molar-refractivity contribution in [2.45, 2.75) is 32.1 Å². The van der Waals surface area contributed by atoms with Gasteiger partial charge in [0.15, 0.2) is 0 Å². The number of aromatic amines is 1. The average Bonchev–Trinajstić information content (AvgIpc) is 3.29. The molecule has 4 nitrogen and oxygen atoms in total. The highest BCUT2D eigenvalue weighted by molar-refractivity contribution is 7.26. The summed E-state index contributed by atoms with van der Waals surface area (Å²) in [4.78, 5) is 22.4. The second kappa shape index (κ2) is 4.30. The van der Waals surface area contributed by atoms with Crippen LogP contribution in [0, 0.1) is 0 Å². The third-order valence-electron chi connectivity index (χ3n) is 7.68. The molecule has 7 aromatic rings. The predicted molar refractivity (Wildman–Crippen MR) is 121 cm³/mol. The average molecular weight is 406 g/mol. The number of Topliss-reactive ketones (excluding diaryl/α,β-unsaturated/α-hetero) is 1. The molecule has 142 valence electrons. The molecule has 4 aromatic carbocycles. The molecular weight excluding hydrogens is 392 g/mol.